The summed E-state index contributed by atoms with van der Waals surface area (Å²) >= 11 is 0. The number of aliphatic carboxylic acids is 1. The molecule has 0 atom stereocenters. The molecule has 5 heteroatoms. The van der Waals surface area contributed by atoms with Gasteiger partial charge in [-0.1, -0.05) is 6.08 Å². The number of carbonyl (C=O) groups is 1. The average Bonchev–Trinajstić information content (AvgIpc) is 2.31. The molecule has 1 aromatic carbocycles. The number of anilines is 1. The molecule has 18 heavy (non-hydrogen) atoms. The van der Waals surface area contributed by atoms with E-state index in [-0.39, 0.29) is 5.75 Å². The van der Waals surface area contributed by atoms with Crippen LogP contribution in [0.15, 0.2) is 30.4 Å². The Balaban J connectivity index is 2.71. The summed E-state index contributed by atoms with van der Waals surface area (Å²) in [5.41, 5.74) is 0.658. The van der Waals surface area contributed by atoms with Gasteiger partial charge in [-0.3, -0.25) is 0 Å². The lowest BCUT2D eigenvalue weighted by Crippen LogP contribution is -2.17. The fraction of sp³-hybridized carbons (Fsp3) is 0.308. The molecular weight excluding hydrogens is 237 g/mol. The molecule has 0 unspecified atom stereocenters. The summed E-state index contributed by atoms with van der Waals surface area (Å²) in [6.45, 7) is 2.59. The Hall–Kier alpha value is -2.04. The number of nitrogens with zero attached hydrogens (tertiary/aromatic N) is 1. The highest BCUT2D eigenvalue weighted by Gasteiger charge is 2.06. The van der Waals surface area contributed by atoms with Crippen LogP contribution in [-0.4, -0.2) is 31.3 Å². The van der Waals surface area contributed by atoms with Gasteiger partial charge in [0.15, 0.2) is 11.6 Å². The van der Waals surface area contributed by atoms with Gasteiger partial charge in [-0.05, 0) is 19.1 Å². The molecule has 0 aromatic heterocycles. The van der Waals surface area contributed by atoms with Crippen LogP contribution in [0, 0.1) is 5.82 Å². The van der Waals surface area contributed by atoms with Crippen molar-refractivity contribution in [3.63, 3.8) is 0 Å². The van der Waals surface area contributed by atoms with E-state index in [1.165, 1.54) is 12.1 Å². The first-order valence-electron chi connectivity index (χ1n) is 5.57. The van der Waals surface area contributed by atoms with Crippen molar-refractivity contribution >= 4 is 11.7 Å². The molecule has 0 saturated carbocycles. The number of ether oxygens (including phenoxy) is 1. The summed E-state index contributed by atoms with van der Waals surface area (Å²) in [5, 5.41) is 8.45. The van der Waals surface area contributed by atoms with Gasteiger partial charge in [0.25, 0.3) is 0 Å². The van der Waals surface area contributed by atoms with Gasteiger partial charge in [0.2, 0.25) is 0 Å². The molecule has 0 heterocycles. The Bertz CT molecular complexity index is 446. The Morgan fingerprint density at radius 2 is 2.28 bits per heavy atom. The van der Waals surface area contributed by atoms with Gasteiger partial charge >= 0.3 is 5.97 Å². The van der Waals surface area contributed by atoms with Gasteiger partial charge < -0.3 is 14.7 Å². The van der Waals surface area contributed by atoms with Gasteiger partial charge in [0.05, 0.1) is 6.61 Å². The highest BCUT2D eigenvalue weighted by molar-refractivity contribution is 5.79. The molecule has 0 spiro atoms. The second kappa shape index (κ2) is 6.64. The molecule has 4 nitrogen and oxygen atoms in total. The summed E-state index contributed by atoms with van der Waals surface area (Å²) in [4.78, 5) is 12.0. The van der Waals surface area contributed by atoms with Crippen LogP contribution in [0.2, 0.25) is 0 Å². The monoisotopic (exact) mass is 253 g/mol. The number of benzene rings is 1. The highest BCUT2D eigenvalue weighted by Crippen LogP contribution is 2.23. The fourth-order valence-electron chi connectivity index (χ4n) is 1.42. The van der Waals surface area contributed by atoms with E-state index in [0.29, 0.717) is 18.8 Å². The zero-order valence-corrected chi connectivity index (χ0v) is 10.4. The van der Waals surface area contributed by atoms with Crippen LogP contribution in [0.4, 0.5) is 10.1 Å². The third kappa shape index (κ3) is 4.08. The highest BCUT2D eigenvalue weighted by atomic mass is 19.1. The quantitative estimate of drug-likeness (QED) is 0.790. The molecular formula is C13H16FNO3. The molecule has 98 valence electrons. The maximum absolute atomic E-state index is 13.6. The van der Waals surface area contributed by atoms with Crippen molar-refractivity contribution in [2.24, 2.45) is 0 Å². The zero-order valence-electron chi connectivity index (χ0n) is 10.4. The van der Waals surface area contributed by atoms with Gasteiger partial charge in [-0.15, -0.1) is 0 Å². The summed E-state index contributed by atoms with van der Waals surface area (Å²) in [6, 6.07) is 4.65. The number of rotatable bonds is 6. The third-order valence-electron chi connectivity index (χ3n) is 2.30. The van der Waals surface area contributed by atoms with E-state index >= 15 is 0 Å². The van der Waals surface area contributed by atoms with Crippen molar-refractivity contribution in [2.45, 2.75) is 6.92 Å². The normalized spacial score (nSPS) is 10.6. The Morgan fingerprint density at radius 1 is 1.56 bits per heavy atom. The van der Waals surface area contributed by atoms with E-state index in [4.69, 9.17) is 9.84 Å². The molecule has 0 aliphatic carbocycles. The third-order valence-corrected chi connectivity index (χ3v) is 2.30. The van der Waals surface area contributed by atoms with Gasteiger partial charge in [0.1, 0.15) is 0 Å². The predicted molar refractivity (Wildman–Crippen MR) is 67.6 cm³/mol. The van der Waals surface area contributed by atoms with Crippen molar-refractivity contribution in [3.05, 3.63) is 36.2 Å². The minimum absolute atomic E-state index is 0.218. The van der Waals surface area contributed by atoms with Crippen molar-refractivity contribution < 1.29 is 19.0 Å². The summed E-state index contributed by atoms with van der Waals surface area (Å²) < 4.78 is 18.7. The van der Waals surface area contributed by atoms with Crippen LogP contribution >= 0.6 is 0 Å². The molecule has 0 radical (unpaired) electrons. The van der Waals surface area contributed by atoms with E-state index in [1.54, 1.807) is 31.0 Å². The Labute approximate surface area is 105 Å². The van der Waals surface area contributed by atoms with E-state index in [9.17, 15) is 9.18 Å². The van der Waals surface area contributed by atoms with Gasteiger partial charge in [-0.25, -0.2) is 9.18 Å². The first kappa shape index (κ1) is 14.0. The summed E-state index contributed by atoms with van der Waals surface area (Å²) in [5.74, 6) is -1.21. The minimum Gasteiger partial charge on any atom is -0.491 e. The number of hydrogen-bond donors (Lipinski definition) is 1. The van der Waals surface area contributed by atoms with Crippen molar-refractivity contribution in [1.82, 2.24) is 0 Å². The molecule has 0 amide bonds. The number of halogens is 1. The fourth-order valence-corrected chi connectivity index (χ4v) is 1.42. The number of carboxylic acid groups (broad SMARTS) is 1. The zero-order chi connectivity index (χ0) is 13.5. The largest absolute Gasteiger partial charge is 0.491 e. The van der Waals surface area contributed by atoms with Crippen molar-refractivity contribution in [3.8, 4) is 5.75 Å². The van der Waals surface area contributed by atoms with Crippen LogP contribution < -0.4 is 9.64 Å². The lowest BCUT2D eigenvalue weighted by atomic mass is 10.2. The molecule has 0 saturated heterocycles. The SMILES string of the molecule is CCOc1ccc(N(C)C/C=C/C(=O)O)cc1F. The van der Waals surface area contributed by atoms with Crippen molar-refractivity contribution in [1.29, 1.82) is 0 Å². The second-order valence-electron chi connectivity index (χ2n) is 3.67. The van der Waals surface area contributed by atoms with E-state index in [2.05, 4.69) is 0 Å². The minimum atomic E-state index is -0.999. The molecule has 1 aromatic rings. The van der Waals surface area contributed by atoms with Crippen LogP contribution in [0.3, 0.4) is 0 Å². The first-order chi connectivity index (χ1) is 8.54. The number of hydrogen-bond acceptors (Lipinski definition) is 3. The van der Waals surface area contributed by atoms with Crippen LogP contribution in [0.1, 0.15) is 6.92 Å². The maximum atomic E-state index is 13.6. The van der Waals surface area contributed by atoms with E-state index < -0.39 is 11.8 Å². The average molecular weight is 253 g/mol. The van der Waals surface area contributed by atoms with Gasteiger partial charge in [0, 0.05) is 31.4 Å². The first-order valence-corrected chi connectivity index (χ1v) is 5.57. The predicted octanol–water partition coefficient (Wildman–Crippen LogP) is 2.30. The van der Waals surface area contributed by atoms with Gasteiger partial charge in [-0.2, -0.15) is 0 Å². The molecule has 0 bridgehead atoms. The van der Waals surface area contributed by atoms with Crippen LogP contribution in [-0.2, 0) is 4.79 Å². The Kier molecular flexibility index (Phi) is 5.17. The lowest BCUT2D eigenvalue weighted by Gasteiger charge is -2.17. The summed E-state index contributed by atoms with van der Waals surface area (Å²) in [6.07, 6.45) is 2.55. The van der Waals surface area contributed by atoms with E-state index in [1.807, 2.05) is 0 Å². The number of likely N-dealkylation sites (N-methyl/N-ethyl adjacent to an activating group) is 1. The summed E-state index contributed by atoms with van der Waals surface area (Å²) in [7, 11) is 1.75. The number of carboxylic acids is 1. The molecule has 1 N–H and O–H groups in total. The van der Waals surface area contributed by atoms with Crippen molar-refractivity contribution in [2.75, 3.05) is 25.1 Å². The van der Waals surface area contributed by atoms with E-state index in [0.717, 1.165) is 6.08 Å². The lowest BCUT2D eigenvalue weighted by molar-refractivity contribution is -0.131. The molecule has 0 aliphatic rings. The molecule has 0 fully saturated rings. The molecule has 1 rings (SSSR count). The second-order valence-corrected chi connectivity index (χ2v) is 3.67. The topological polar surface area (TPSA) is 49.8 Å². The smallest absolute Gasteiger partial charge is 0.328 e. The van der Waals surface area contributed by atoms with Crippen LogP contribution in [0.5, 0.6) is 5.75 Å². The Morgan fingerprint density at radius 3 is 2.83 bits per heavy atom. The van der Waals surface area contributed by atoms with Crippen LogP contribution in [0.25, 0.3) is 0 Å². The standard InChI is InChI=1S/C13H16FNO3/c1-3-18-12-7-6-10(9-11(12)14)15(2)8-4-5-13(16)17/h4-7,9H,3,8H2,1-2H3,(H,16,17)/b5-4+. The maximum Gasteiger partial charge on any atom is 0.328 e. The molecule has 0 aliphatic heterocycles.